The molecule has 4 heteroatoms. The van der Waals surface area contributed by atoms with Gasteiger partial charge >= 0.3 is 0 Å². The van der Waals surface area contributed by atoms with E-state index in [-0.39, 0.29) is 6.67 Å². The summed E-state index contributed by atoms with van der Waals surface area (Å²) in [5.41, 5.74) is 2.91. The maximum atomic E-state index is 11.7. The first kappa shape index (κ1) is 9.61. The lowest BCUT2D eigenvalue weighted by Crippen LogP contribution is -2.14. The number of halogens is 1. The zero-order chi connectivity index (χ0) is 8.81. The van der Waals surface area contributed by atoms with E-state index < -0.39 is 0 Å². The number of thiazole rings is 1. The monoisotopic (exact) mass is 188 g/mol. The van der Waals surface area contributed by atoms with Crippen molar-refractivity contribution in [3.63, 3.8) is 0 Å². The summed E-state index contributed by atoms with van der Waals surface area (Å²) in [4.78, 5) is 5.36. The Morgan fingerprint density at radius 2 is 2.50 bits per heavy atom. The largest absolute Gasteiger partial charge is 0.312 e. The first-order valence-electron chi connectivity index (χ1n) is 4.00. The molecule has 68 valence electrons. The van der Waals surface area contributed by atoms with Crippen LogP contribution in [-0.4, -0.2) is 18.2 Å². The van der Waals surface area contributed by atoms with Crippen molar-refractivity contribution in [1.29, 1.82) is 0 Å². The minimum atomic E-state index is -0.241. The average Bonchev–Trinajstić information content (AvgIpc) is 2.46. The third-order valence-corrected chi connectivity index (χ3v) is 2.55. The van der Waals surface area contributed by atoms with Crippen LogP contribution in [0.4, 0.5) is 4.39 Å². The van der Waals surface area contributed by atoms with Gasteiger partial charge in [-0.05, 0) is 19.9 Å². The first-order chi connectivity index (χ1) is 5.84. The van der Waals surface area contributed by atoms with Crippen molar-refractivity contribution in [2.75, 3.05) is 13.2 Å². The summed E-state index contributed by atoms with van der Waals surface area (Å²) in [7, 11) is 0. The highest BCUT2D eigenvalue weighted by molar-refractivity contribution is 7.09. The Morgan fingerprint density at radius 3 is 3.08 bits per heavy atom. The summed E-state index contributed by atoms with van der Waals surface area (Å²) in [6, 6.07) is 0. The fourth-order valence-electron chi connectivity index (χ4n) is 0.890. The molecule has 0 aliphatic carbocycles. The Balaban J connectivity index is 2.20. The van der Waals surface area contributed by atoms with Crippen molar-refractivity contribution in [2.24, 2.45) is 0 Å². The molecule has 1 aromatic rings. The van der Waals surface area contributed by atoms with E-state index in [1.54, 1.807) is 11.3 Å². The molecule has 12 heavy (non-hydrogen) atoms. The van der Waals surface area contributed by atoms with Crippen molar-refractivity contribution < 1.29 is 4.39 Å². The van der Waals surface area contributed by atoms with Gasteiger partial charge in [0.05, 0.1) is 17.9 Å². The number of nitrogens with one attached hydrogen (secondary N) is 1. The number of alkyl halides is 1. The number of hydrogen-bond acceptors (Lipinski definition) is 3. The van der Waals surface area contributed by atoms with Crippen molar-refractivity contribution in [3.05, 3.63) is 16.1 Å². The summed E-state index contributed by atoms with van der Waals surface area (Å²) < 4.78 is 11.7. The zero-order valence-electron chi connectivity index (χ0n) is 7.14. The van der Waals surface area contributed by atoms with E-state index in [4.69, 9.17) is 0 Å². The van der Waals surface area contributed by atoms with Gasteiger partial charge in [0.15, 0.2) is 0 Å². The van der Waals surface area contributed by atoms with Gasteiger partial charge in [-0.15, -0.1) is 11.3 Å². The van der Waals surface area contributed by atoms with Gasteiger partial charge in [-0.2, -0.15) is 0 Å². The van der Waals surface area contributed by atoms with Crippen LogP contribution in [0, 0.1) is 6.92 Å². The molecule has 0 unspecified atom stereocenters. The fourth-order valence-corrected chi connectivity index (χ4v) is 1.64. The van der Waals surface area contributed by atoms with Crippen molar-refractivity contribution in [1.82, 2.24) is 10.3 Å². The molecule has 1 N–H and O–H groups in total. The Hall–Kier alpha value is -0.480. The van der Waals surface area contributed by atoms with Crippen LogP contribution in [0.15, 0.2) is 5.51 Å². The van der Waals surface area contributed by atoms with Gasteiger partial charge in [0.25, 0.3) is 0 Å². The van der Waals surface area contributed by atoms with E-state index in [0.717, 1.165) is 18.8 Å². The molecule has 2 nitrogen and oxygen atoms in total. The standard InChI is InChI=1S/C8H13FN2S/c1-7-8(12-6-11-7)5-10-4-2-3-9/h6,10H,2-5H2,1H3. The molecule has 0 aliphatic rings. The normalized spacial score (nSPS) is 10.5. The van der Waals surface area contributed by atoms with Crippen molar-refractivity contribution in [3.8, 4) is 0 Å². The van der Waals surface area contributed by atoms with Crippen LogP contribution in [0.3, 0.4) is 0 Å². The zero-order valence-corrected chi connectivity index (χ0v) is 7.96. The van der Waals surface area contributed by atoms with Crippen LogP contribution in [0.1, 0.15) is 17.0 Å². The molecule has 0 aromatic carbocycles. The van der Waals surface area contributed by atoms with Gasteiger partial charge in [-0.25, -0.2) is 4.98 Å². The lowest BCUT2D eigenvalue weighted by molar-refractivity contribution is 0.459. The Labute approximate surface area is 75.8 Å². The second-order valence-electron chi connectivity index (χ2n) is 2.58. The molecule has 0 fully saturated rings. The second kappa shape index (κ2) is 5.22. The van der Waals surface area contributed by atoms with Gasteiger partial charge < -0.3 is 5.32 Å². The molecule has 0 atom stereocenters. The molecule has 1 rings (SSSR count). The number of nitrogens with zero attached hydrogens (tertiary/aromatic N) is 1. The van der Waals surface area contributed by atoms with Crippen LogP contribution in [0.5, 0.6) is 0 Å². The summed E-state index contributed by atoms with van der Waals surface area (Å²) in [5.74, 6) is 0. The van der Waals surface area contributed by atoms with E-state index >= 15 is 0 Å². The number of aryl methyl sites for hydroxylation is 1. The van der Waals surface area contributed by atoms with Crippen molar-refractivity contribution in [2.45, 2.75) is 19.9 Å². The number of aromatic nitrogens is 1. The van der Waals surface area contributed by atoms with E-state index in [1.165, 1.54) is 4.88 Å². The molecule has 0 bridgehead atoms. The quantitative estimate of drug-likeness (QED) is 0.714. The van der Waals surface area contributed by atoms with Gasteiger partial charge in [0.2, 0.25) is 0 Å². The maximum absolute atomic E-state index is 11.7. The SMILES string of the molecule is Cc1ncsc1CNCCCF. The molecule has 1 aromatic heterocycles. The predicted octanol–water partition coefficient (Wildman–Crippen LogP) is 1.90. The summed E-state index contributed by atoms with van der Waals surface area (Å²) in [6.45, 7) is 3.31. The average molecular weight is 188 g/mol. The molecule has 0 saturated heterocycles. The summed E-state index contributed by atoms with van der Waals surface area (Å²) in [5, 5.41) is 3.16. The van der Waals surface area contributed by atoms with Gasteiger partial charge in [0.1, 0.15) is 0 Å². The topological polar surface area (TPSA) is 24.9 Å². The Morgan fingerprint density at radius 1 is 1.67 bits per heavy atom. The lowest BCUT2D eigenvalue weighted by atomic mass is 10.4. The van der Waals surface area contributed by atoms with Gasteiger partial charge in [-0.1, -0.05) is 0 Å². The maximum Gasteiger partial charge on any atom is 0.0906 e. The molecule has 0 saturated carbocycles. The minimum Gasteiger partial charge on any atom is -0.312 e. The molecule has 0 spiro atoms. The highest BCUT2D eigenvalue weighted by Crippen LogP contribution is 2.10. The van der Waals surface area contributed by atoms with E-state index in [2.05, 4.69) is 10.3 Å². The number of hydrogen-bond donors (Lipinski definition) is 1. The van der Waals surface area contributed by atoms with Crippen LogP contribution >= 0.6 is 11.3 Å². The molecule has 0 amide bonds. The Bertz CT molecular complexity index is 225. The first-order valence-corrected chi connectivity index (χ1v) is 4.88. The molecular weight excluding hydrogens is 175 g/mol. The van der Waals surface area contributed by atoms with Crippen LogP contribution in [0.25, 0.3) is 0 Å². The number of rotatable bonds is 5. The highest BCUT2D eigenvalue weighted by atomic mass is 32.1. The van der Waals surface area contributed by atoms with Crippen LogP contribution in [-0.2, 0) is 6.54 Å². The van der Waals surface area contributed by atoms with Gasteiger partial charge in [0, 0.05) is 11.4 Å². The van der Waals surface area contributed by atoms with Crippen LogP contribution < -0.4 is 5.32 Å². The highest BCUT2D eigenvalue weighted by Gasteiger charge is 1.99. The fraction of sp³-hybridized carbons (Fsp3) is 0.625. The molecular formula is C8H13FN2S. The third-order valence-electron chi connectivity index (χ3n) is 1.62. The second-order valence-corrected chi connectivity index (χ2v) is 3.52. The molecule has 0 radical (unpaired) electrons. The molecule has 0 aliphatic heterocycles. The predicted molar refractivity (Wildman–Crippen MR) is 49.1 cm³/mol. The van der Waals surface area contributed by atoms with E-state index in [1.807, 2.05) is 12.4 Å². The third kappa shape index (κ3) is 2.87. The van der Waals surface area contributed by atoms with E-state index in [0.29, 0.717) is 6.42 Å². The molecule has 1 heterocycles. The van der Waals surface area contributed by atoms with Gasteiger partial charge in [-0.3, -0.25) is 4.39 Å². The summed E-state index contributed by atoms with van der Waals surface area (Å²) >= 11 is 1.64. The summed E-state index contributed by atoms with van der Waals surface area (Å²) in [6.07, 6.45) is 0.595. The van der Waals surface area contributed by atoms with E-state index in [9.17, 15) is 4.39 Å². The minimum absolute atomic E-state index is 0.241. The van der Waals surface area contributed by atoms with Crippen molar-refractivity contribution >= 4 is 11.3 Å². The Kier molecular flexibility index (Phi) is 4.18. The lowest BCUT2D eigenvalue weighted by Gasteiger charge is -2.00. The smallest absolute Gasteiger partial charge is 0.0906 e. The van der Waals surface area contributed by atoms with Crippen LogP contribution in [0.2, 0.25) is 0 Å².